The second-order valence-electron chi connectivity index (χ2n) is 5.93. The van der Waals surface area contributed by atoms with Gasteiger partial charge in [0.05, 0.1) is 0 Å². The van der Waals surface area contributed by atoms with Gasteiger partial charge in [0.2, 0.25) is 0 Å². The molecule has 0 spiro atoms. The van der Waals surface area contributed by atoms with Gasteiger partial charge >= 0.3 is 6.09 Å². The van der Waals surface area contributed by atoms with Gasteiger partial charge in [-0.05, 0) is 51.8 Å². The zero-order valence-electron chi connectivity index (χ0n) is 11.8. The van der Waals surface area contributed by atoms with E-state index in [1.165, 1.54) is 6.42 Å². The highest BCUT2D eigenvalue weighted by molar-refractivity contribution is 5.85. The van der Waals surface area contributed by atoms with Crippen LogP contribution in [0.1, 0.15) is 32.8 Å². The molecule has 0 saturated carbocycles. The van der Waals surface area contributed by atoms with E-state index in [2.05, 4.69) is 10.6 Å². The Morgan fingerprint density at radius 1 is 1.42 bits per heavy atom. The number of rotatable bonds is 3. The number of para-hydroxylation sites is 1. The third-order valence-electron chi connectivity index (χ3n) is 3.05. The molecule has 0 radical (unpaired) electrons. The van der Waals surface area contributed by atoms with Gasteiger partial charge in [-0.15, -0.1) is 0 Å². The Kier molecular flexibility index (Phi) is 4.10. The van der Waals surface area contributed by atoms with Gasteiger partial charge in [-0.1, -0.05) is 18.2 Å². The van der Waals surface area contributed by atoms with Crippen molar-refractivity contribution in [2.75, 3.05) is 11.9 Å². The number of amides is 1. The molecule has 1 aliphatic heterocycles. The highest BCUT2D eigenvalue weighted by atomic mass is 16.6. The minimum atomic E-state index is -0.478. The summed E-state index contributed by atoms with van der Waals surface area (Å²) in [4.78, 5) is 11.8. The van der Waals surface area contributed by atoms with Gasteiger partial charge in [0.15, 0.2) is 0 Å². The van der Waals surface area contributed by atoms with Crippen molar-refractivity contribution >= 4 is 11.8 Å². The van der Waals surface area contributed by atoms with E-state index in [1.807, 2.05) is 45.0 Å². The molecule has 1 unspecified atom stereocenters. The maximum Gasteiger partial charge on any atom is 0.412 e. The maximum atomic E-state index is 11.8. The topological polar surface area (TPSA) is 50.4 Å². The lowest BCUT2D eigenvalue weighted by Crippen LogP contribution is -2.44. The molecule has 1 fully saturated rings. The van der Waals surface area contributed by atoms with Gasteiger partial charge < -0.3 is 10.1 Å². The first-order valence-corrected chi connectivity index (χ1v) is 6.75. The summed E-state index contributed by atoms with van der Waals surface area (Å²) < 4.78 is 5.28. The summed E-state index contributed by atoms with van der Waals surface area (Å²) in [5, 5.41) is 6.20. The molecule has 1 aliphatic rings. The first-order chi connectivity index (χ1) is 8.94. The van der Waals surface area contributed by atoms with Crippen LogP contribution in [0.15, 0.2) is 24.3 Å². The third kappa shape index (κ3) is 4.24. The monoisotopic (exact) mass is 262 g/mol. The number of hydrogen-bond acceptors (Lipinski definition) is 3. The lowest BCUT2D eigenvalue weighted by Gasteiger charge is -2.28. The van der Waals surface area contributed by atoms with Crippen LogP contribution in [0.2, 0.25) is 0 Å². The molecular weight excluding hydrogens is 240 g/mol. The van der Waals surface area contributed by atoms with Crippen LogP contribution in [-0.4, -0.2) is 24.3 Å². The lowest BCUT2D eigenvalue weighted by molar-refractivity contribution is 0.0635. The van der Waals surface area contributed by atoms with Crippen LogP contribution in [-0.2, 0) is 11.2 Å². The average molecular weight is 262 g/mol. The van der Waals surface area contributed by atoms with Crippen molar-refractivity contribution in [2.24, 2.45) is 0 Å². The van der Waals surface area contributed by atoms with E-state index >= 15 is 0 Å². The Morgan fingerprint density at radius 2 is 2.11 bits per heavy atom. The predicted molar refractivity (Wildman–Crippen MR) is 76.4 cm³/mol. The highest BCUT2D eigenvalue weighted by Crippen LogP contribution is 2.20. The van der Waals surface area contributed by atoms with Gasteiger partial charge in [0.25, 0.3) is 0 Å². The van der Waals surface area contributed by atoms with Crippen molar-refractivity contribution in [3.8, 4) is 0 Å². The Bertz CT molecular complexity index is 448. The number of hydrogen-bond donors (Lipinski definition) is 2. The number of nitrogens with one attached hydrogen (secondary N) is 2. The van der Waals surface area contributed by atoms with Crippen molar-refractivity contribution < 1.29 is 9.53 Å². The average Bonchev–Trinajstić information content (AvgIpc) is 2.22. The fourth-order valence-electron chi connectivity index (χ4n) is 2.02. The third-order valence-corrected chi connectivity index (χ3v) is 3.05. The Hall–Kier alpha value is -1.55. The quantitative estimate of drug-likeness (QED) is 0.880. The summed E-state index contributed by atoms with van der Waals surface area (Å²) in [6.45, 7) is 6.66. The SMILES string of the molecule is CC(C)(C)OC(=O)Nc1ccccc1CC1CCN1. The number of carbonyl (C=O) groups excluding carboxylic acids is 1. The predicted octanol–water partition coefficient (Wildman–Crippen LogP) is 2.94. The van der Waals surface area contributed by atoms with E-state index in [4.69, 9.17) is 4.74 Å². The van der Waals surface area contributed by atoms with E-state index < -0.39 is 11.7 Å². The molecule has 4 heteroatoms. The molecule has 0 aliphatic carbocycles. The van der Waals surface area contributed by atoms with Crippen molar-refractivity contribution in [3.05, 3.63) is 29.8 Å². The molecule has 1 aromatic rings. The summed E-state index contributed by atoms with van der Waals surface area (Å²) in [7, 11) is 0. The highest BCUT2D eigenvalue weighted by Gasteiger charge is 2.20. The summed E-state index contributed by atoms with van der Waals surface area (Å²) >= 11 is 0. The van der Waals surface area contributed by atoms with E-state index in [0.29, 0.717) is 6.04 Å². The fraction of sp³-hybridized carbons (Fsp3) is 0.533. The molecule has 2 N–H and O–H groups in total. The van der Waals surface area contributed by atoms with Crippen LogP contribution in [0.25, 0.3) is 0 Å². The van der Waals surface area contributed by atoms with Gasteiger partial charge in [-0.25, -0.2) is 4.79 Å². The van der Waals surface area contributed by atoms with E-state index in [9.17, 15) is 4.79 Å². The minimum Gasteiger partial charge on any atom is -0.444 e. The zero-order chi connectivity index (χ0) is 13.9. The molecule has 4 nitrogen and oxygen atoms in total. The number of ether oxygens (including phenoxy) is 1. The molecule has 0 bridgehead atoms. The molecule has 19 heavy (non-hydrogen) atoms. The van der Waals surface area contributed by atoms with Crippen LogP contribution in [0.3, 0.4) is 0 Å². The molecule has 1 heterocycles. The van der Waals surface area contributed by atoms with E-state index in [-0.39, 0.29) is 0 Å². The molecule has 1 atom stereocenters. The molecule has 0 aromatic heterocycles. The van der Waals surface area contributed by atoms with Gasteiger partial charge in [0, 0.05) is 11.7 Å². The van der Waals surface area contributed by atoms with Crippen LogP contribution >= 0.6 is 0 Å². The Balaban J connectivity index is 2.00. The second-order valence-corrected chi connectivity index (χ2v) is 5.93. The molecule has 1 amide bonds. The molecular formula is C15H22N2O2. The van der Waals surface area contributed by atoms with Crippen molar-refractivity contribution in [1.82, 2.24) is 5.32 Å². The summed E-state index contributed by atoms with van der Waals surface area (Å²) in [6, 6.07) is 8.41. The minimum absolute atomic E-state index is 0.401. The summed E-state index contributed by atoms with van der Waals surface area (Å²) in [5.41, 5.74) is 1.50. The van der Waals surface area contributed by atoms with Crippen molar-refractivity contribution in [2.45, 2.75) is 45.3 Å². The van der Waals surface area contributed by atoms with Crippen molar-refractivity contribution in [3.63, 3.8) is 0 Å². The van der Waals surface area contributed by atoms with Crippen LogP contribution in [0.5, 0.6) is 0 Å². The Morgan fingerprint density at radius 3 is 2.68 bits per heavy atom. The van der Waals surface area contributed by atoms with E-state index in [0.717, 1.165) is 24.2 Å². The van der Waals surface area contributed by atoms with Crippen LogP contribution in [0.4, 0.5) is 10.5 Å². The molecule has 2 rings (SSSR count). The Labute approximate surface area is 114 Å². The smallest absolute Gasteiger partial charge is 0.412 e. The first-order valence-electron chi connectivity index (χ1n) is 6.75. The van der Waals surface area contributed by atoms with Crippen LogP contribution < -0.4 is 10.6 Å². The first kappa shape index (κ1) is 13.9. The summed E-state index contributed by atoms with van der Waals surface area (Å²) in [5.74, 6) is 0. The van der Waals surface area contributed by atoms with Gasteiger partial charge in [-0.2, -0.15) is 0 Å². The number of benzene rings is 1. The number of anilines is 1. The maximum absolute atomic E-state index is 11.8. The van der Waals surface area contributed by atoms with Crippen LogP contribution in [0, 0.1) is 0 Å². The van der Waals surface area contributed by atoms with Crippen molar-refractivity contribution in [1.29, 1.82) is 0 Å². The second kappa shape index (κ2) is 5.61. The fourth-order valence-corrected chi connectivity index (χ4v) is 2.02. The van der Waals surface area contributed by atoms with Gasteiger partial charge in [-0.3, -0.25) is 5.32 Å². The summed E-state index contributed by atoms with van der Waals surface area (Å²) in [6.07, 6.45) is 1.73. The van der Waals surface area contributed by atoms with E-state index in [1.54, 1.807) is 0 Å². The lowest BCUT2D eigenvalue weighted by atomic mass is 9.97. The standard InChI is InChI=1S/C15H22N2O2/c1-15(2,3)19-14(18)17-13-7-5-4-6-11(13)10-12-8-9-16-12/h4-7,12,16H,8-10H2,1-3H3,(H,17,18). The van der Waals surface area contributed by atoms with Gasteiger partial charge in [0.1, 0.15) is 5.60 Å². The molecule has 1 aromatic carbocycles. The normalized spacial score (nSPS) is 18.6. The largest absolute Gasteiger partial charge is 0.444 e. The zero-order valence-corrected chi connectivity index (χ0v) is 11.8. The molecule has 1 saturated heterocycles. The number of carbonyl (C=O) groups is 1. The molecule has 104 valence electrons.